The highest BCUT2D eigenvalue weighted by atomic mass is 16.4. The molecule has 0 amide bonds. The summed E-state index contributed by atoms with van der Waals surface area (Å²) in [5, 5.41) is 11.2. The number of hydrogen-bond acceptors (Lipinski definition) is 7. The molecule has 7 nitrogen and oxygen atoms in total. The standard InChI is InChI=1S/C18H20N6O/c1-3-7-14(8-4-1)21-18-23-22-17(25-18)12-15-11-16(20-13-19-15)24-9-5-2-6-10-24/h1,3-4,7-8,11,13H,2,5-6,9-10,12H2,(H,21,23). The molecule has 1 N–H and O–H groups in total. The van der Waals surface area contributed by atoms with Gasteiger partial charge in [0.1, 0.15) is 12.1 Å². The van der Waals surface area contributed by atoms with Crippen molar-refractivity contribution >= 4 is 17.5 Å². The Labute approximate surface area is 146 Å². The number of rotatable bonds is 5. The lowest BCUT2D eigenvalue weighted by atomic mass is 10.1. The molecule has 0 radical (unpaired) electrons. The van der Waals surface area contributed by atoms with Crippen molar-refractivity contribution in [3.63, 3.8) is 0 Å². The van der Waals surface area contributed by atoms with Gasteiger partial charge in [-0.05, 0) is 31.4 Å². The van der Waals surface area contributed by atoms with Gasteiger partial charge in [0.05, 0.1) is 12.1 Å². The fourth-order valence-corrected chi connectivity index (χ4v) is 2.95. The Kier molecular flexibility index (Phi) is 4.54. The summed E-state index contributed by atoms with van der Waals surface area (Å²) in [6.45, 7) is 2.12. The zero-order valence-corrected chi connectivity index (χ0v) is 13.9. The van der Waals surface area contributed by atoms with E-state index < -0.39 is 0 Å². The van der Waals surface area contributed by atoms with Gasteiger partial charge in [0, 0.05) is 24.8 Å². The van der Waals surface area contributed by atoms with Crippen LogP contribution in [0.2, 0.25) is 0 Å². The zero-order chi connectivity index (χ0) is 16.9. The largest absolute Gasteiger partial charge is 0.407 e. The Morgan fingerprint density at radius 3 is 2.68 bits per heavy atom. The van der Waals surface area contributed by atoms with E-state index in [0.717, 1.165) is 30.3 Å². The minimum atomic E-state index is 0.381. The van der Waals surface area contributed by atoms with E-state index in [4.69, 9.17) is 4.42 Å². The molecule has 7 heteroatoms. The second kappa shape index (κ2) is 7.29. The number of benzene rings is 1. The van der Waals surface area contributed by atoms with Crippen LogP contribution in [0.25, 0.3) is 0 Å². The summed E-state index contributed by atoms with van der Waals surface area (Å²) in [6.07, 6.45) is 5.84. The molecule has 4 rings (SSSR count). The van der Waals surface area contributed by atoms with Gasteiger partial charge >= 0.3 is 6.01 Å². The summed E-state index contributed by atoms with van der Waals surface area (Å²) < 4.78 is 5.67. The zero-order valence-electron chi connectivity index (χ0n) is 13.9. The van der Waals surface area contributed by atoms with Crippen LogP contribution in [0.1, 0.15) is 30.8 Å². The average Bonchev–Trinajstić information content (AvgIpc) is 3.10. The molecule has 1 aliphatic rings. The topological polar surface area (TPSA) is 80.0 Å². The second-order valence-corrected chi connectivity index (χ2v) is 6.08. The lowest BCUT2D eigenvalue weighted by Gasteiger charge is -2.27. The number of piperidine rings is 1. The maximum atomic E-state index is 5.67. The molecule has 1 fully saturated rings. The van der Waals surface area contributed by atoms with Crippen molar-refractivity contribution in [2.75, 3.05) is 23.3 Å². The maximum Gasteiger partial charge on any atom is 0.320 e. The van der Waals surface area contributed by atoms with Gasteiger partial charge in [0.2, 0.25) is 5.89 Å². The third-order valence-electron chi connectivity index (χ3n) is 4.21. The first-order chi connectivity index (χ1) is 12.4. The predicted molar refractivity (Wildman–Crippen MR) is 94.9 cm³/mol. The molecule has 3 aromatic rings. The quantitative estimate of drug-likeness (QED) is 0.766. The van der Waals surface area contributed by atoms with Crippen LogP contribution < -0.4 is 10.2 Å². The van der Waals surface area contributed by atoms with Crippen molar-refractivity contribution in [3.05, 3.63) is 54.3 Å². The van der Waals surface area contributed by atoms with Crippen LogP contribution in [-0.2, 0) is 6.42 Å². The van der Waals surface area contributed by atoms with Crippen molar-refractivity contribution in [3.8, 4) is 0 Å². The first kappa shape index (κ1) is 15.6. The normalized spacial score (nSPS) is 14.5. The van der Waals surface area contributed by atoms with Crippen molar-refractivity contribution in [2.45, 2.75) is 25.7 Å². The highest BCUT2D eigenvalue weighted by molar-refractivity contribution is 5.51. The molecule has 1 aromatic carbocycles. The van der Waals surface area contributed by atoms with E-state index in [1.165, 1.54) is 19.3 Å². The first-order valence-corrected chi connectivity index (χ1v) is 8.57. The number of para-hydroxylation sites is 1. The Hall–Kier alpha value is -2.96. The fourth-order valence-electron chi connectivity index (χ4n) is 2.95. The molecule has 0 saturated carbocycles. The van der Waals surface area contributed by atoms with Gasteiger partial charge in [-0.1, -0.05) is 23.3 Å². The van der Waals surface area contributed by atoms with E-state index in [-0.39, 0.29) is 0 Å². The Morgan fingerprint density at radius 2 is 1.84 bits per heavy atom. The van der Waals surface area contributed by atoms with Crippen molar-refractivity contribution in [2.24, 2.45) is 0 Å². The number of nitrogens with zero attached hydrogens (tertiary/aromatic N) is 5. The van der Waals surface area contributed by atoms with Gasteiger partial charge < -0.3 is 14.6 Å². The van der Waals surface area contributed by atoms with Gasteiger partial charge in [-0.25, -0.2) is 9.97 Å². The molecule has 0 spiro atoms. The summed E-state index contributed by atoms with van der Waals surface area (Å²) >= 11 is 0. The lowest BCUT2D eigenvalue weighted by molar-refractivity contribution is 0.518. The van der Waals surface area contributed by atoms with Crippen LogP contribution >= 0.6 is 0 Å². The predicted octanol–water partition coefficient (Wildman–Crippen LogP) is 3.18. The van der Waals surface area contributed by atoms with Crippen molar-refractivity contribution in [1.82, 2.24) is 20.2 Å². The number of aromatic nitrogens is 4. The molecule has 0 unspecified atom stereocenters. The van der Waals surface area contributed by atoms with Gasteiger partial charge in [-0.2, -0.15) is 0 Å². The van der Waals surface area contributed by atoms with E-state index in [2.05, 4.69) is 30.4 Å². The highest BCUT2D eigenvalue weighted by Gasteiger charge is 2.14. The summed E-state index contributed by atoms with van der Waals surface area (Å²) in [5.41, 5.74) is 1.79. The molecule has 2 aromatic heterocycles. The van der Waals surface area contributed by atoms with E-state index in [1.54, 1.807) is 6.33 Å². The first-order valence-electron chi connectivity index (χ1n) is 8.57. The van der Waals surface area contributed by atoms with Gasteiger partial charge in [0.15, 0.2) is 0 Å². The van der Waals surface area contributed by atoms with Gasteiger partial charge in [-0.3, -0.25) is 0 Å². The Balaban J connectivity index is 1.44. The summed E-state index contributed by atoms with van der Waals surface area (Å²) in [4.78, 5) is 11.0. The van der Waals surface area contributed by atoms with Crippen LogP contribution in [0.5, 0.6) is 0 Å². The van der Waals surface area contributed by atoms with Crippen molar-refractivity contribution in [1.29, 1.82) is 0 Å². The number of hydrogen-bond donors (Lipinski definition) is 1. The maximum absolute atomic E-state index is 5.67. The van der Waals surface area contributed by atoms with Gasteiger partial charge in [0.25, 0.3) is 0 Å². The monoisotopic (exact) mass is 336 g/mol. The van der Waals surface area contributed by atoms with Crippen LogP contribution in [0, 0.1) is 0 Å². The van der Waals surface area contributed by atoms with Crippen LogP contribution in [0.4, 0.5) is 17.5 Å². The van der Waals surface area contributed by atoms with E-state index in [9.17, 15) is 0 Å². The summed E-state index contributed by atoms with van der Waals surface area (Å²) in [5.74, 6) is 1.51. The van der Waals surface area contributed by atoms with Crippen LogP contribution in [0.15, 0.2) is 47.1 Å². The summed E-state index contributed by atoms with van der Waals surface area (Å²) in [7, 11) is 0. The SMILES string of the molecule is c1ccc(Nc2nnc(Cc3cc(N4CCCCC4)ncn3)o2)cc1. The molecule has 3 heterocycles. The van der Waals surface area contributed by atoms with Gasteiger partial charge in [-0.15, -0.1) is 5.10 Å². The Morgan fingerprint density at radius 1 is 1.00 bits per heavy atom. The average molecular weight is 336 g/mol. The molecule has 0 aliphatic carbocycles. The molecular formula is C18H20N6O. The van der Waals surface area contributed by atoms with Crippen LogP contribution in [-0.4, -0.2) is 33.3 Å². The minimum Gasteiger partial charge on any atom is -0.407 e. The highest BCUT2D eigenvalue weighted by Crippen LogP contribution is 2.19. The molecular weight excluding hydrogens is 316 g/mol. The number of anilines is 3. The molecule has 1 aliphatic heterocycles. The third kappa shape index (κ3) is 3.93. The third-order valence-corrected chi connectivity index (χ3v) is 4.21. The van der Waals surface area contributed by atoms with Crippen LogP contribution in [0.3, 0.4) is 0 Å². The molecule has 0 bridgehead atoms. The molecule has 25 heavy (non-hydrogen) atoms. The lowest BCUT2D eigenvalue weighted by Crippen LogP contribution is -2.30. The second-order valence-electron chi connectivity index (χ2n) is 6.08. The molecule has 1 saturated heterocycles. The minimum absolute atomic E-state index is 0.381. The summed E-state index contributed by atoms with van der Waals surface area (Å²) in [6, 6.07) is 12.1. The van der Waals surface area contributed by atoms with E-state index in [0.29, 0.717) is 18.3 Å². The molecule has 128 valence electrons. The number of nitrogens with one attached hydrogen (secondary N) is 1. The van der Waals surface area contributed by atoms with E-state index in [1.807, 2.05) is 36.4 Å². The fraction of sp³-hybridized carbons (Fsp3) is 0.333. The smallest absolute Gasteiger partial charge is 0.320 e. The Bertz CT molecular complexity index is 813. The molecule has 0 atom stereocenters. The van der Waals surface area contributed by atoms with Crippen molar-refractivity contribution < 1.29 is 4.42 Å². The van der Waals surface area contributed by atoms with E-state index >= 15 is 0 Å².